The van der Waals surface area contributed by atoms with Crippen molar-refractivity contribution in [3.63, 3.8) is 0 Å². The second-order valence-corrected chi connectivity index (χ2v) is 9.06. The van der Waals surface area contributed by atoms with Gasteiger partial charge in [-0.1, -0.05) is 43.4 Å². The molecule has 0 radical (unpaired) electrons. The summed E-state index contributed by atoms with van der Waals surface area (Å²) < 4.78 is 28.7. The quantitative estimate of drug-likeness (QED) is 0.638. The lowest BCUT2D eigenvalue weighted by molar-refractivity contribution is 0.366. The lowest BCUT2D eigenvalue weighted by atomic mass is 9.94. The lowest BCUT2D eigenvalue weighted by Crippen LogP contribution is -2.45. The van der Waals surface area contributed by atoms with E-state index in [-0.39, 0.29) is 10.4 Å². The number of nitrogens with zero attached hydrogens (tertiary/aromatic N) is 1. The average Bonchev–Trinajstić information content (AvgIpc) is 2.74. The molecule has 0 spiro atoms. The van der Waals surface area contributed by atoms with Crippen molar-refractivity contribution >= 4 is 32.4 Å². The SMILES string of the molecule is Cc1cnc(Cl)c2cc(S(=O)(=O)NC3(C)CCCCCC3)ccc12. The predicted molar refractivity (Wildman–Crippen MR) is 97.9 cm³/mol. The van der Waals surface area contributed by atoms with Crippen LogP contribution in [0.2, 0.25) is 5.15 Å². The second kappa shape index (κ2) is 6.62. The maximum absolute atomic E-state index is 12.9. The third-order valence-electron chi connectivity index (χ3n) is 4.91. The molecule has 1 N–H and O–H groups in total. The van der Waals surface area contributed by atoms with Crippen LogP contribution in [-0.2, 0) is 10.0 Å². The van der Waals surface area contributed by atoms with Crippen LogP contribution < -0.4 is 4.72 Å². The van der Waals surface area contributed by atoms with Crippen LogP contribution in [0.5, 0.6) is 0 Å². The normalized spacial score (nSPS) is 18.5. The molecule has 0 bridgehead atoms. The van der Waals surface area contributed by atoms with E-state index in [0.717, 1.165) is 36.6 Å². The van der Waals surface area contributed by atoms with Crippen LogP contribution in [0.25, 0.3) is 10.8 Å². The van der Waals surface area contributed by atoms with Crippen LogP contribution in [0, 0.1) is 6.92 Å². The Morgan fingerprint density at radius 3 is 2.46 bits per heavy atom. The van der Waals surface area contributed by atoms with Gasteiger partial charge >= 0.3 is 0 Å². The first-order valence-electron chi connectivity index (χ1n) is 8.40. The van der Waals surface area contributed by atoms with Crippen molar-refractivity contribution in [1.29, 1.82) is 0 Å². The molecule has 0 atom stereocenters. The predicted octanol–water partition coefficient (Wildman–Crippen LogP) is 4.59. The van der Waals surface area contributed by atoms with Gasteiger partial charge in [0, 0.05) is 17.1 Å². The molecule has 0 amide bonds. The van der Waals surface area contributed by atoms with E-state index in [2.05, 4.69) is 9.71 Å². The number of aryl methyl sites for hydroxylation is 1. The van der Waals surface area contributed by atoms with Gasteiger partial charge < -0.3 is 0 Å². The summed E-state index contributed by atoms with van der Waals surface area (Å²) in [6.45, 7) is 3.94. The van der Waals surface area contributed by atoms with E-state index < -0.39 is 10.0 Å². The topological polar surface area (TPSA) is 59.1 Å². The summed E-state index contributed by atoms with van der Waals surface area (Å²) in [4.78, 5) is 4.37. The molecule has 1 aliphatic carbocycles. The number of fused-ring (bicyclic) bond motifs is 1. The number of pyridine rings is 1. The van der Waals surface area contributed by atoms with Gasteiger partial charge in [0.15, 0.2) is 0 Å². The Hall–Kier alpha value is -1.17. The minimum absolute atomic E-state index is 0.245. The largest absolute Gasteiger partial charge is 0.244 e. The Bertz CT molecular complexity index is 857. The minimum Gasteiger partial charge on any atom is -0.244 e. The number of hydrogen-bond donors (Lipinski definition) is 1. The number of benzene rings is 1. The molecule has 0 unspecified atom stereocenters. The molecule has 3 rings (SSSR count). The monoisotopic (exact) mass is 366 g/mol. The molecule has 24 heavy (non-hydrogen) atoms. The number of halogens is 1. The molecule has 0 saturated heterocycles. The summed E-state index contributed by atoms with van der Waals surface area (Å²) in [5, 5.41) is 1.92. The third kappa shape index (κ3) is 3.58. The Kier molecular flexibility index (Phi) is 4.87. The smallest absolute Gasteiger partial charge is 0.241 e. The number of nitrogens with one attached hydrogen (secondary N) is 1. The first-order chi connectivity index (χ1) is 11.3. The van der Waals surface area contributed by atoms with Gasteiger partial charge in [-0.25, -0.2) is 18.1 Å². The van der Waals surface area contributed by atoms with Crippen molar-refractivity contribution < 1.29 is 8.42 Å². The molecule has 2 aromatic rings. The zero-order valence-corrected chi connectivity index (χ0v) is 15.7. The highest BCUT2D eigenvalue weighted by Crippen LogP contribution is 2.30. The first kappa shape index (κ1) is 17.6. The maximum Gasteiger partial charge on any atom is 0.241 e. The maximum atomic E-state index is 12.9. The van der Waals surface area contributed by atoms with E-state index in [1.807, 2.05) is 19.9 Å². The first-order valence-corrected chi connectivity index (χ1v) is 10.3. The van der Waals surface area contributed by atoms with Crippen molar-refractivity contribution in [1.82, 2.24) is 9.71 Å². The van der Waals surface area contributed by atoms with Crippen LogP contribution in [0.3, 0.4) is 0 Å². The molecular weight excluding hydrogens is 344 g/mol. The Labute approximate surface area is 148 Å². The number of hydrogen-bond acceptors (Lipinski definition) is 3. The third-order valence-corrected chi connectivity index (χ3v) is 6.85. The molecule has 1 aromatic carbocycles. The molecule has 1 aliphatic rings. The van der Waals surface area contributed by atoms with Crippen molar-refractivity contribution in [2.45, 2.75) is 62.8 Å². The van der Waals surface area contributed by atoms with E-state index >= 15 is 0 Å². The molecule has 1 heterocycles. The molecular formula is C18H23ClN2O2S. The average molecular weight is 367 g/mol. The van der Waals surface area contributed by atoms with Crippen molar-refractivity contribution in [2.75, 3.05) is 0 Å². The Morgan fingerprint density at radius 1 is 1.12 bits per heavy atom. The summed E-state index contributed by atoms with van der Waals surface area (Å²) in [5.74, 6) is 0. The molecule has 130 valence electrons. The molecule has 0 aliphatic heterocycles. The summed E-state index contributed by atoms with van der Waals surface area (Å²) >= 11 is 6.17. The van der Waals surface area contributed by atoms with Crippen LogP contribution in [0.4, 0.5) is 0 Å². The summed E-state index contributed by atoms with van der Waals surface area (Å²) in [6, 6.07) is 5.08. The molecule has 6 heteroatoms. The van der Waals surface area contributed by atoms with E-state index in [9.17, 15) is 8.42 Å². The molecule has 4 nitrogen and oxygen atoms in total. The highest BCUT2D eigenvalue weighted by Gasteiger charge is 2.31. The van der Waals surface area contributed by atoms with E-state index in [1.165, 1.54) is 12.8 Å². The van der Waals surface area contributed by atoms with Gasteiger partial charge in [0.05, 0.1) is 4.90 Å². The van der Waals surface area contributed by atoms with E-state index in [0.29, 0.717) is 10.5 Å². The van der Waals surface area contributed by atoms with Crippen molar-refractivity contribution in [3.8, 4) is 0 Å². The van der Waals surface area contributed by atoms with Crippen molar-refractivity contribution in [3.05, 3.63) is 35.1 Å². The molecule has 1 aromatic heterocycles. The zero-order chi connectivity index (χ0) is 17.4. The Balaban J connectivity index is 1.97. The number of rotatable bonds is 3. The fourth-order valence-corrected chi connectivity index (χ4v) is 5.19. The summed E-state index contributed by atoms with van der Waals surface area (Å²) in [6.07, 6.45) is 7.92. The minimum atomic E-state index is -3.59. The molecule has 1 fully saturated rings. The molecule has 1 saturated carbocycles. The fourth-order valence-electron chi connectivity index (χ4n) is 3.49. The zero-order valence-electron chi connectivity index (χ0n) is 14.1. The van der Waals surface area contributed by atoms with Crippen LogP contribution in [0.15, 0.2) is 29.3 Å². The summed E-state index contributed by atoms with van der Waals surface area (Å²) in [7, 11) is -3.59. The van der Waals surface area contributed by atoms with Gasteiger partial charge in [0.1, 0.15) is 5.15 Å². The van der Waals surface area contributed by atoms with Gasteiger partial charge in [-0.15, -0.1) is 0 Å². The fraction of sp³-hybridized carbons (Fsp3) is 0.500. The van der Waals surface area contributed by atoms with E-state index in [1.54, 1.807) is 18.3 Å². The number of aromatic nitrogens is 1. The van der Waals surface area contributed by atoms with Gasteiger partial charge in [-0.2, -0.15) is 0 Å². The van der Waals surface area contributed by atoms with Gasteiger partial charge in [-0.05, 0) is 49.8 Å². The second-order valence-electron chi connectivity index (χ2n) is 7.02. The van der Waals surface area contributed by atoms with Crippen LogP contribution in [-0.4, -0.2) is 18.9 Å². The van der Waals surface area contributed by atoms with Gasteiger partial charge in [0.25, 0.3) is 0 Å². The van der Waals surface area contributed by atoms with Crippen molar-refractivity contribution in [2.24, 2.45) is 0 Å². The van der Waals surface area contributed by atoms with E-state index in [4.69, 9.17) is 11.6 Å². The summed E-state index contributed by atoms with van der Waals surface area (Å²) in [5.41, 5.74) is 0.598. The Morgan fingerprint density at radius 2 is 1.79 bits per heavy atom. The number of sulfonamides is 1. The van der Waals surface area contributed by atoms with Gasteiger partial charge in [0.2, 0.25) is 10.0 Å². The highest BCUT2D eigenvalue weighted by atomic mass is 35.5. The van der Waals surface area contributed by atoms with Crippen LogP contribution >= 0.6 is 11.6 Å². The van der Waals surface area contributed by atoms with Gasteiger partial charge in [-0.3, -0.25) is 0 Å². The lowest BCUT2D eigenvalue weighted by Gasteiger charge is -2.29. The van der Waals surface area contributed by atoms with Crippen LogP contribution in [0.1, 0.15) is 51.0 Å². The highest BCUT2D eigenvalue weighted by molar-refractivity contribution is 7.89. The standard InChI is InChI=1S/C18H23ClN2O2S/c1-13-12-20-17(19)16-11-14(7-8-15(13)16)24(22,23)21-18(2)9-5-3-4-6-10-18/h7-8,11-12,21H,3-6,9-10H2,1-2H3.